The van der Waals surface area contributed by atoms with Crippen molar-refractivity contribution in [3.63, 3.8) is 0 Å². The lowest BCUT2D eigenvalue weighted by molar-refractivity contribution is -0.293. The number of fused-ring (bicyclic) bond motifs is 1. The van der Waals surface area contributed by atoms with Crippen molar-refractivity contribution in [3.8, 4) is 0 Å². The van der Waals surface area contributed by atoms with Gasteiger partial charge in [-0.1, -0.05) is 0 Å². The normalized spacial score (nSPS) is 27.9. The van der Waals surface area contributed by atoms with Gasteiger partial charge in [0.1, 0.15) is 11.7 Å². The van der Waals surface area contributed by atoms with Crippen LogP contribution in [0.4, 0.5) is 26.3 Å². The van der Waals surface area contributed by atoms with Crippen molar-refractivity contribution in [2.75, 3.05) is 13.1 Å². The first-order chi connectivity index (χ1) is 15.8. The average Bonchev–Trinajstić information content (AvgIpc) is 3.13. The first kappa shape index (κ1) is 24.8. The molecule has 1 aliphatic carbocycles. The maximum absolute atomic E-state index is 13.4. The second kappa shape index (κ2) is 8.70. The third-order valence-corrected chi connectivity index (χ3v) is 6.82. The van der Waals surface area contributed by atoms with E-state index in [1.54, 1.807) is 11.8 Å². The highest BCUT2D eigenvalue weighted by atomic mass is 19.4. The molecule has 14 heteroatoms. The molecule has 0 radical (unpaired) electrons. The van der Waals surface area contributed by atoms with Gasteiger partial charge in [0.05, 0.1) is 6.20 Å². The van der Waals surface area contributed by atoms with Crippen LogP contribution in [0.1, 0.15) is 35.8 Å². The number of rotatable bonds is 7. The number of hydrogen-bond donors (Lipinski definition) is 3. The first-order valence-electron chi connectivity index (χ1n) is 11.0. The van der Waals surface area contributed by atoms with E-state index in [0.29, 0.717) is 17.8 Å². The molecule has 1 aromatic heterocycles. The van der Waals surface area contributed by atoms with Crippen LogP contribution < -0.4 is 10.6 Å². The number of likely N-dealkylation sites (tertiary alicyclic amines) is 1. The maximum Gasteiger partial charge on any atom is 0.402 e. The lowest BCUT2D eigenvalue weighted by Crippen LogP contribution is -2.53. The molecule has 1 amide bonds. The topological polar surface area (TPSA) is 99.5 Å². The van der Waals surface area contributed by atoms with Crippen LogP contribution in [-0.4, -0.2) is 75.2 Å². The highest BCUT2D eigenvalue weighted by molar-refractivity contribution is 5.94. The summed E-state index contributed by atoms with van der Waals surface area (Å²) >= 11 is 0. The minimum absolute atomic E-state index is 0.0193. The highest BCUT2D eigenvalue weighted by Gasteiger charge is 2.66. The Morgan fingerprint density at radius 2 is 1.79 bits per heavy atom. The highest BCUT2D eigenvalue weighted by Crippen LogP contribution is 2.48. The van der Waals surface area contributed by atoms with Gasteiger partial charge in [0, 0.05) is 49.7 Å². The van der Waals surface area contributed by atoms with E-state index in [1.807, 2.05) is 0 Å². The second-order valence-electron chi connectivity index (χ2n) is 9.17. The molecule has 3 heterocycles. The van der Waals surface area contributed by atoms with Gasteiger partial charge < -0.3 is 15.7 Å². The molecule has 0 spiro atoms. The summed E-state index contributed by atoms with van der Waals surface area (Å²) in [5.41, 5.74) is 0.777. The minimum atomic E-state index is -5.59. The van der Waals surface area contributed by atoms with Crippen molar-refractivity contribution in [1.82, 2.24) is 25.3 Å². The Hall–Kier alpha value is -2.35. The number of aliphatic carboxylic acids is 1. The van der Waals surface area contributed by atoms with E-state index >= 15 is 0 Å². The molecule has 0 bridgehead atoms. The molecule has 34 heavy (non-hydrogen) atoms. The summed E-state index contributed by atoms with van der Waals surface area (Å²) in [5.74, 6) is -7.64. The summed E-state index contributed by atoms with van der Waals surface area (Å²) in [6, 6.07) is -3.58. The Balaban J connectivity index is 1.57. The van der Waals surface area contributed by atoms with Gasteiger partial charge in [-0.2, -0.15) is 31.4 Å². The molecule has 4 rings (SSSR count). The fourth-order valence-electron chi connectivity index (χ4n) is 5.21. The van der Waals surface area contributed by atoms with Gasteiger partial charge in [-0.25, -0.2) is 0 Å². The van der Waals surface area contributed by atoms with E-state index in [9.17, 15) is 41.0 Å². The molecule has 8 nitrogen and oxygen atoms in total. The van der Waals surface area contributed by atoms with E-state index < -0.39 is 48.2 Å². The van der Waals surface area contributed by atoms with Crippen LogP contribution in [0.5, 0.6) is 0 Å². The quantitative estimate of drug-likeness (QED) is 0.499. The predicted molar refractivity (Wildman–Crippen MR) is 105 cm³/mol. The standard InChI is InChI=1S/C20H25F6N5O3/c1-2-31-15(17(32)28-10-3-4-10)9(5-27-31)6-30-7-11-12(8-30)14(18(33)34)29-13(11)16(19(21,22)23)20(24,25)26/h5,10-14,16,29H,2-4,6-8H2,1H3,(H,28,32)(H,33,34). The number of carbonyl (C=O) groups excluding carboxylic acids is 1. The van der Waals surface area contributed by atoms with E-state index in [2.05, 4.69) is 15.7 Å². The van der Waals surface area contributed by atoms with Crippen molar-refractivity contribution in [3.05, 3.63) is 17.5 Å². The van der Waals surface area contributed by atoms with Crippen LogP contribution in [-0.2, 0) is 17.9 Å². The molecular formula is C20H25F6N5O3. The average molecular weight is 497 g/mol. The molecule has 4 unspecified atom stereocenters. The molecule has 1 aromatic rings. The summed E-state index contributed by atoms with van der Waals surface area (Å²) in [6.07, 6.45) is -7.99. The van der Waals surface area contributed by atoms with Gasteiger partial charge in [0.15, 0.2) is 5.92 Å². The molecule has 4 atom stereocenters. The van der Waals surface area contributed by atoms with E-state index in [-0.39, 0.29) is 31.6 Å². The molecule has 3 N–H and O–H groups in total. The van der Waals surface area contributed by atoms with E-state index in [4.69, 9.17) is 0 Å². The Kier molecular flexibility index (Phi) is 6.34. The van der Waals surface area contributed by atoms with Crippen molar-refractivity contribution in [1.29, 1.82) is 0 Å². The number of carboxylic acids is 1. The Bertz CT molecular complexity index is 930. The fraction of sp³-hybridized carbons (Fsp3) is 0.750. The number of alkyl halides is 6. The van der Waals surface area contributed by atoms with Crippen molar-refractivity contribution >= 4 is 11.9 Å². The van der Waals surface area contributed by atoms with Gasteiger partial charge >= 0.3 is 18.3 Å². The Labute approximate surface area is 190 Å². The van der Waals surface area contributed by atoms with Crippen LogP contribution in [0.15, 0.2) is 6.20 Å². The van der Waals surface area contributed by atoms with E-state index in [0.717, 1.165) is 12.8 Å². The lowest BCUT2D eigenvalue weighted by Gasteiger charge is -2.32. The number of aryl methyl sites for hydroxylation is 1. The first-order valence-corrected chi connectivity index (χ1v) is 11.0. The molecule has 0 aromatic carbocycles. The van der Waals surface area contributed by atoms with E-state index in [1.165, 1.54) is 10.9 Å². The van der Waals surface area contributed by atoms with Crippen molar-refractivity contribution in [2.45, 2.75) is 63.3 Å². The SMILES string of the molecule is CCn1ncc(CN2CC3C(C(=O)O)NC(C(C(F)(F)F)C(F)(F)F)C3C2)c1C(=O)NC1CC1. The largest absolute Gasteiger partial charge is 0.480 e. The van der Waals surface area contributed by atoms with Gasteiger partial charge in [-0.05, 0) is 25.7 Å². The van der Waals surface area contributed by atoms with Gasteiger partial charge in [-0.15, -0.1) is 0 Å². The van der Waals surface area contributed by atoms with Crippen LogP contribution >= 0.6 is 0 Å². The van der Waals surface area contributed by atoms with Crippen LogP contribution in [0, 0.1) is 17.8 Å². The maximum atomic E-state index is 13.4. The van der Waals surface area contributed by atoms with Gasteiger partial charge in [0.25, 0.3) is 5.91 Å². The Morgan fingerprint density at radius 1 is 1.18 bits per heavy atom. The molecule has 3 fully saturated rings. The molecule has 2 aliphatic heterocycles. The van der Waals surface area contributed by atoms with Crippen molar-refractivity contribution < 1.29 is 41.0 Å². The minimum Gasteiger partial charge on any atom is -0.480 e. The summed E-state index contributed by atoms with van der Waals surface area (Å²) in [4.78, 5) is 26.0. The number of carbonyl (C=O) groups is 2. The smallest absolute Gasteiger partial charge is 0.402 e. The number of nitrogens with one attached hydrogen (secondary N) is 2. The third-order valence-electron chi connectivity index (χ3n) is 6.82. The zero-order valence-electron chi connectivity index (χ0n) is 18.2. The summed E-state index contributed by atoms with van der Waals surface area (Å²) < 4.78 is 82.0. The summed E-state index contributed by atoms with van der Waals surface area (Å²) in [5, 5.41) is 18.6. The molecular weight excluding hydrogens is 472 g/mol. The number of aromatic nitrogens is 2. The monoisotopic (exact) mass is 497 g/mol. The summed E-state index contributed by atoms with van der Waals surface area (Å²) in [7, 11) is 0. The predicted octanol–water partition coefficient (Wildman–Crippen LogP) is 2.01. The lowest BCUT2D eigenvalue weighted by atomic mass is 9.84. The molecule has 2 saturated heterocycles. The molecule has 1 saturated carbocycles. The van der Waals surface area contributed by atoms with Crippen molar-refractivity contribution in [2.24, 2.45) is 17.8 Å². The summed E-state index contributed by atoms with van der Waals surface area (Å²) in [6.45, 7) is 2.05. The zero-order chi connectivity index (χ0) is 25.0. The van der Waals surface area contributed by atoms with Crippen LogP contribution in [0.3, 0.4) is 0 Å². The zero-order valence-corrected chi connectivity index (χ0v) is 18.2. The van der Waals surface area contributed by atoms with Crippen LogP contribution in [0.2, 0.25) is 0 Å². The number of carboxylic acid groups (broad SMARTS) is 1. The number of halogens is 6. The number of amides is 1. The second-order valence-corrected chi connectivity index (χ2v) is 9.17. The number of nitrogens with zero attached hydrogens (tertiary/aromatic N) is 3. The fourth-order valence-corrected chi connectivity index (χ4v) is 5.21. The Morgan fingerprint density at radius 3 is 2.32 bits per heavy atom. The number of hydrogen-bond acceptors (Lipinski definition) is 5. The molecule has 190 valence electrons. The van der Waals surface area contributed by atoms with Crippen LogP contribution in [0.25, 0.3) is 0 Å². The van der Waals surface area contributed by atoms with Gasteiger partial charge in [0.2, 0.25) is 0 Å². The van der Waals surface area contributed by atoms with Gasteiger partial charge in [-0.3, -0.25) is 19.2 Å². The third kappa shape index (κ3) is 4.74. The molecule has 3 aliphatic rings.